The van der Waals surface area contributed by atoms with Crippen molar-refractivity contribution in [1.82, 2.24) is 4.90 Å². The van der Waals surface area contributed by atoms with Gasteiger partial charge in [-0.1, -0.05) is 6.58 Å². The van der Waals surface area contributed by atoms with Crippen molar-refractivity contribution in [2.24, 2.45) is 0 Å². The lowest BCUT2D eigenvalue weighted by molar-refractivity contribution is -0.129. The van der Waals surface area contributed by atoms with Gasteiger partial charge in [-0.15, -0.1) is 0 Å². The Morgan fingerprint density at radius 2 is 2.22 bits per heavy atom. The fraction of sp³-hybridized carbons (Fsp3) is 0.571. The number of carbonyl (C=O) groups excluding carboxylic acids is 1. The molecule has 1 amide bonds. The van der Waals surface area contributed by atoms with Crippen LogP contribution in [0, 0.1) is 0 Å². The minimum Gasteiger partial charge on any atom is -0.320 e. The van der Waals surface area contributed by atoms with Crippen LogP contribution in [0.5, 0.6) is 0 Å². The molecule has 0 spiro atoms. The number of rotatable bonds is 0. The Morgan fingerprint density at radius 1 is 1.56 bits per heavy atom. The van der Waals surface area contributed by atoms with E-state index in [9.17, 15) is 4.79 Å². The van der Waals surface area contributed by atoms with Crippen molar-refractivity contribution < 1.29 is 4.79 Å². The molecule has 1 saturated heterocycles. The Balaban J connectivity index is 2.62. The molecule has 9 heavy (non-hydrogen) atoms. The molecular formula is C7H11NO. The molecule has 1 fully saturated rings. The SMILES string of the molecule is C=C1CCCC(=O)N1C. The van der Waals surface area contributed by atoms with Crippen LogP contribution >= 0.6 is 0 Å². The molecular weight excluding hydrogens is 114 g/mol. The van der Waals surface area contributed by atoms with E-state index in [4.69, 9.17) is 0 Å². The molecule has 0 N–H and O–H groups in total. The summed E-state index contributed by atoms with van der Waals surface area (Å²) in [5.74, 6) is 0.200. The van der Waals surface area contributed by atoms with E-state index in [-0.39, 0.29) is 5.91 Å². The third-order valence-electron chi connectivity index (χ3n) is 1.70. The summed E-state index contributed by atoms with van der Waals surface area (Å²) in [6.07, 6.45) is 2.64. The average molecular weight is 125 g/mol. The fourth-order valence-corrected chi connectivity index (χ4v) is 0.955. The molecule has 0 radical (unpaired) electrons. The zero-order valence-electron chi connectivity index (χ0n) is 5.68. The molecule has 0 bridgehead atoms. The maximum Gasteiger partial charge on any atom is 0.226 e. The molecule has 50 valence electrons. The standard InChI is InChI=1S/C7H11NO/c1-6-4-3-5-7(9)8(6)2/h1,3-5H2,2H3. The maximum absolute atomic E-state index is 10.9. The molecule has 1 heterocycles. The van der Waals surface area contributed by atoms with E-state index in [0.29, 0.717) is 6.42 Å². The topological polar surface area (TPSA) is 20.3 Å². The van der Waals surface area contributed by atoms with Crippen molar-refractivity contribution in [2.75, 3.05) is 7.05 Å². The monoisotopic (exact) mass is 125 g/mol. The van der Waals surface area contributed by atoms with Gasteiger partial charge in [0, 0.05) is 19.2 Å². The molecule has 1 rings (SSSR count). The van der Waals surface area contributed by atoms with E-state index in [1.54, 1.807) is 11.9 Å². The van der Waals surface area contributed by atoms with Gasteiger partial charge in [0.25, 0.3) is 0 Å². The van der Waals surface area contributed by atoms with Crippen molar-refractivity contribution in [3.8, 4) is 0 Å². The minimum absolute atomic E-state index is 0.200. The van der Waals surface area contributed by atoms with Crippen LogP contribution in [0.1, 0.15) is 19.3 Å². The molecule has 2 heteroatoms. The van der Waals surface area contributed by atoms with Gasteiger partial charge in [0.1, 0.15) is 0 Å². The van der Waals surface area contributed by atoms with E-state index >= 15 is 0 Å². The van der Waals surface area contributed by atoms with Crippen LogP contribution in [0.15, 0.2) is 12.3 Å². The lowest BCUT2D eigenvalue weighted by atomic mass is 10.1. The second-order valence-electron chi connectivity index (χ2n) is 2.37. The second kappa shape index (κ2) is 2.21. The number of allylic oxidation sites excluding steroid dienone is 1. The van der Waals surface area contributed by atoms with E-state index in [1.807, 2.05) is 0 Å². The summed E-state index contributed by atoms with van der Waals surface area (Å²) in [4.78, 5) is 12.5. The lowest BCUT2D eigenvalue weighted by Gasteiger charge is -2.24. The Kier molecular flexibility index (Phi) is 1.56. The highest BCUT2D eigenvalue weighted by Gasteiger charge is 2.16. The van der Waals surface area contributed by atoms with Gasteiger partial charge in [-0.3, -0.25) is 4.79 Å². The van der Waals surface area contributed by atoms with Crippen molar-refractivity contribution in [3.05, 3.63) is 12.3 Å². The van der Waals surface area contributed by atoms with Gasteiger partial charge < -0.3 is 4.90 Å². The number of amides is 1. The summed E-state index contributed by atoms with van der Waals surface area (Å²) in [7, 11) is 1.78. The van der Waals surface area contributed by atoms with E-state index in [0.717, 1.165) is 18.5 Å². The smallest absolute Gasteiger partial charge is 0.226 e. The van der Waals surface area contributed by atoms with Crippen LogP contribution in [0.25, 0.3) is 0 Å². The number of hydrogen-bond acceptors (Lipinski definition) is 1. The van der Waals surface area contributed by atoms with Crippen molar-refractivity contribution in [2.45, 2.75) is 19.3 Å². The Morgan fingerprint density at radius 3 is 2.67 bits per heavy atom. The Labute approximate surface area is 55.2 Å². The van der Waals surface area contributed by atoms with Gasteiger partial charge in [0.15, 0.2) is 0 Å². The van der Waals surface area contributed by atoms with E-state index in [2.05, 4.69) is 6.58 Å². The Hall–Kier alpha value is -0.790. The highest BCUT2D eigenvalue weighted by atomic mass is 16.2. The molecule has 0 atom stereocenters. The molecule has 0 unspecified atom stereocenters. The zero-order chi connectivity index (χ0) is 6.85. The first-order valence-electron chi connectivity index (χ1n) is 3.16. The molecule has 1 aliphatic rings. The molecule has 0 aromatic rings. The second-order valence-corrected chi connectivity index (χ2v) is 2.37. The van der Waals surface area contributed by atoms with E-state index in [1.165, 1.54) is 0 Å². The molecule has 0 saturated carbocycles. The van der Waals surface area contributed by atoms with Crippen LogP contribution in [-0.2, 0) is 4.79 Å². The molecule has 0 aromatic heterocycles. The van der Waals surface area contributed by atoms with Gasteiger partial charge in [0.05, 0.1) is 0 Å². The van der Waals surface area contributed by atoms with Crippen LogP contribution in [0.3, 0.4) is 0 Å². The summed E-state index contributed by atoms with van der Waals surface area (Å²) >= 11 is 0. The van der Waals surface area contributed by atoms with Crippen LogP contribution in [0.4, 0.5) is 0 Å². The van der Waals surface area contributed by atoms with Gasteiger partial charge in [0.2, 0.25) is 5.91 Å². The molecule has 0 aliphatic carbocycles. The van der Waals surface area contributed by atoms with Crippen LogP contribution in [0.2, 0.25) is 0 Å². The first-order valence-corrected chi connectivity index (χ1v) is 3.16. The molecule has 0 aromatic carbocycles. The zero-order valence-corrected chi connectivity index (χ0v) is 5.68. The van der Waals surface area contributed by atoms with E-state index < -0.39 is 0 Å². The summed E-state index contributed by atoms with van der Waals surface area (Å²) in [6, 6.07) is 0. The Bertz CT molecular complexity index is 135. The largest absolute Gasteiger partial charge is 0.320 e. The summed E-state index contributed by atoms with van der Waals surface area (Å²) in [5.41, 5.74) is 0.950. The van der Waals surface area contributed by atoms with Gasteiger partial charge in [-0.25, -0.2) is 0 Å². The number of carbonyl (C=O) groups is 1. The van der Waals surface area contributed by atoms with Gasteiger partial charge in [-0.05, 0) is 12.8 Å². The summed E-state index contributed by atoms with van der Waals surface area (Å²) in [5, 5.41) is 0. The number of likely N-dealkylation sites (tertiary alicyclic amines) is 1. The average Bonchev–Trinajstić information content (AvgIpc) is 1.83. The number of nitrogens with zero attached hydrogens (tertiary/aromatic N) is 1. The first kappa shape index (κ1) is 6.33. The third-order valence-corrected chi connectivity index (χ3v) is 1.70. The third kappa shape index (κ3) is 1.12. The van der Waals surface area contributed by atoms with Crippen LogP contribution in [-0.4, -0.2) is 17.9 Å². The summed E-state index contributed by atoms with van der Waals surface area (Å²) in [6.45, 7) is 3.75. The predicted octanol–water partition coefficient (Wildman–Crippen LogP) is 1.14. The van der Waals surface area contributed by atoms with Gasteiger partial charge in [-0.2, -0.15) is 0 Å². The van der Waals surface area contributed by atoms with Crippen molar-refractivity contribution in [1.29, 1.82) is 0 Å². The highest BCUT2D eigenvalue weighted by Crippen LogP contribution is 2.16. The normalized spacial score (nSPS) is 20.8. The van der Waals surface area contributed by atoms with Crippen LogP contribution < -0.4 is 0 Å². The number of hydrogen-bond donors (Lipinski definition) is 0. The molecule has 2 nitrogen and oxygen atoms in total. The number of piperidine rings is 1. The minimum atomic E-state index is 0.200. The highest BCUT2D eigenvalue weighted by molar-refractivity contribution is 5.78. The maximum atomic E-state index is 10.9. The summed E-state index contributed by atoms with van der Waals surface area (Å²) < 4.78 is 0. The van der Waals surface area contributed by atoms with Crippen molar-refractivity contribution in [3.63, 3.8) is 0 Å². The van der Waals surface area contributed by atoms with Crippen molar-refractivity contribution >= 4 is 5.91 Å². The quantitative estimate of drug-likeness (QED) is 0.475. The first-order chi connectivity index (χ1) is 4.22. The fourth-order valence-electron chi connectivity index (χ4n) is 0.955. The lowest BCUT2D eigenvalue weighted by Crippen LogP contribution is -2.28. The predicted molar refractivity (Wildman–Crippen MR) is 35.8 cm³/mol. The molecule has 1 aliphatic heterocycles. The van der Waals surface area contributed by atoms with Gasteiger partial charge >= 0.3 is 0 Å².